The van der Waals surface area contributed by atoms with Crippen molar-refractivity contribution in [1.29, 1.82) is 0 Å². The number of aromatic amines is 1. The Hall–Kier alpha value is -3.60. The number of nitrogens with one attached hydrogen (secondary N) is 1. The van der Waals surface area contributed by atoms with Crippen molar-refractivity contribution in [3.63, 3.8) is 0 Å². The second-order valence-electron chi connectivity index (χ2n) is 8.23. The monoisotopic (exact) mass is 577 g/mol. The lowest BCUT2D eigenvalue weighted by molar-refractivity contribution is 0.664. The van der Waals surface area contributed by atoms with E-state index < -0.39 is 0 Å². The highest BCUT2D eigenvalue weighted by atomic mass is 127. The van der Waals surface area contributed by atoms with Gasteiger partial charge >= 0.3 is 5.69 Å². The van der Waals surface area contributed by atoms with Crippen LogP contribution in [0.1, 0.15) is 31.2 Å². The Morgan fingerprint density at radius 1 is 1.00 bits per heavy atom. The minimum Gasteiger partial charge on any atom is -0.290 e. The molecule has 0 aliphatic carbocycles. The van der Waals surface area contributed by atoms with Gasteiger partial charge in [0.2, 0.25) is 5.82 Å². The van der Waals surface area contributed by atoms with Gasteiger partial charge < -0.3 is 0 Å². The number of para-hydroxylation sites is 1. The number of pyridine rings is 1. The quantitative estimate of drug-likeness (QED) is 0.266. The zero-order chi connectivity index (χ0) is 24.2. The predicted molar refractivity (Wildman–Crippen MR) is 143 cm³/mol. The lowest BCUT2D eigenvalue weighted by Gasteiger charge is -2.09. The predicted octanol–water partition coefficient (Wildman–Crippen LogP) is 4.88. The Morgan fingerprint density at radius 2 is 1.80 bits per heavy atom. The first-order valence-electron chi connectivity index (χ1n) is 11.5. The molecule has 0 saturated carbocycles. The average molecular weight is 577 g/mol. The standard InChI is InChI=1S/C26H24IN7O/c1-2-3-8-20-17-34(24-12-7-6-11-23(24)27)26(35)33(20)16-19-14-13-18(15-28-19)21-9-4-5-10-22(21)25-29-31-32-30-25/h4-7,9-15,17H,2-3,8,16H2,1H3,(H,29,30,31,32). The van der Waals surface area contributed by atoms with Gasteiger partial charge in [0.15, 0.2) is 0 Å². The molecule has 0 radical (unpaired) electrons. The number of rotatable bonds is 8. The zero-order valence-corrected chi connectivity index (χ0v) is 21.4. The van der Waals surface area contributed by atoms with Crippen LogP contribution in [0, 0.1) is 3.57 Å². The molecule has 2 aromatic carbocycles. The lowest BCUT2D eigenvalue weighted by atomic mass is 10.0. The van der Waals surface area contributed by atoms with Gasteiger partial charge in [-0.25, -0.2) is 4.79 Å². The fraction of sp³-hybridized carbons (Fsp3) is 0.192. The summed E-state index contributed by atoms with van der Waals surface area (Å²) in [5.74, 6) is 0.536. The number of H-pyrrole nitrogens is 1. The molecular weight excluding hydrogens is 553 g/mol. The van der Waals surface area contributed by atoms with Crippen LogP contribution < -0.4 is 5.69 Å². The highest BCUT2D eigenvalue weighted by Gasteiger charge is 2.16. The van der Waals surface area contributed by atoms with E-state index in [1.807, 2.05) is 77.6 Å². The number of halogens is 1. The summed E-state index contributed by atoms with van der Waals surface area (Å²) < 4.78 is 4.63. The van der Waals surface area contributed by atoms with E-state index in [9.17, 15) is 4.79 Å². The van der Waals surface area contributed by atoms with Crippen LogP contribution in [-0.2, 0) is 13.0 Å². The number of imidazole rings is 1. The number of unbranched alkanes of at least 4 members (excludes halogenated alkanes) is 1. The van der Waals surface area contributed by atoms with Crippen molar-refractivity contribution in [2.75, 3.05) is 0 Å². The summed E-state index contributed by atoms with van der Waals surface area (Å²) in [5, 5.41) is 14.4. The van der Waals surface area contributed by atoms with E-state index in [4.69, 9.17) is 4.98 Å². The van der Waals surface area contributed by atoms with Gasteiger partial charge in [-0.1, -0.05) is 55.8 Å². The van der Waals surface area contributed by atoms with Crippen molar-refractivity contribution in [2.24, 2.45) is 0 Å². The summed E-state index contributed by atoms with van der Waals surface area (Å²) in [6, 6.07) is 19.8. The fourth-order valence-corrected chi connectivity index (χ4v) is 4.77. The first kappa shape index (κ1) is 23.2. The Morgan fingerprint density at radius 3 is 2.51 bits per heavy atom. The van der Waals surface area contributed by atoms with Crippen molar-refractivity contribution in [3.05, 3.63) is 98.5 Å². The van der Waals surface area contributed by atoms with E-state index in [-0.39, 0.29) is 5.69 Å². The molecule has 35 heavy (non-hydrogen) atoms. The third-order valence-corrected chi connectivity index (χ3v) is 6.84. The molecule has 3 heterocycles. The molecule has 0 amide bonds. The average Bonchev–Trinajstić information content (AvgIpc) is 3.53. The first-order valence-corrected chi connectivity index (χ1v) is 12.6. The maximum absolute atomic E-state index is 13.4. The SMILES string of the molecule is CCCCc1cn(-c2ccccc2I)c(=O)n1Cc1ccc(-c2ccccc2-c2nn[nH]n2)cn1. The van der Waals surface area contributed by atoms with E-state index in [1.54, 1.807) is 4.57 Å². The molecule has 0 atom stereocenters. The molecule has 176 valence electrons. The van der Waals surface area contributed by atoms with E-state index in [0.29, 0.717) is 12.4 Å². The van der Waals surface area contributed by atoms with Gasteiger partial charge in [-0.05, 0) is 64.4 Å². The highest BCUT2D eigenvalue weighted by Crippen LogP contribution is 2.29. The molecule has 0 aliphatic rings. The summed E-state index contributed by atoms with van der Waals surface area (Å²) in [6.07, 6.45) is 6.75. The third kappa shape index (κ3) is 4.81. The molecular formula is C26H24IN7O. The van der Waals surface area contributed by atoms with Crippen molar-refractivity contribution in [3.8, 4) is 28.2 Å². The smallest absolute Gasteiger partial charge is 0.290 e. The Labute approximate surface area is 216 Å². The number of aryl methyl sites for hydroxylation is 1. The van der Waals surface area contributed by atoms with Crippen LogP contribution in [-0.4, -0.2) is 34.7 Å². The molecule has 0 fully saturated rings. The maximum atomic E-state index is 13.4. The first-order chi connectivity index (χ1) is 17.2. The number of aromatic nitrogens is 7. The summed E-state index contributed by atoms with van der Waals surface area (Å²) in [7, 11) is 0. The van der Waals surface area contributed by atoms with Crippen molar-refractivity contribution in [1.82, 2.24) is 34.7 Å². The molecule has 3 aromatic heterocycles. The van der Waals surface area contributed by atoms with Crippen LogP contribution in [0.4, 0.5) is 0 Å². The molecule has 1 N–H and O–H groups in total. The van der Waals surface area contributed by atoms with E-state index in [0.717, 1.165) is 56.6 Å². The van der Waals surface area contributed by atoms with E-state index >= 15 is 0 Å². The Kier molecular flexibility index (Phi) is 6.84. The summed E-state index contributed by atoms with van der Waals surface area (Å²) in [5.41, 5.74) is 5.49. The van der Waals surface area contributed by atoms with Crippen LogP contribution in [0.15, 0.2) is 77.9 Å². The molecule has 0 spiro atoms. The topological polar surface area (TPSA) is 94.3 Å². The highest BCUT2D eigenvalue weighted by molar-refractivity contribution is 14.1. The van der Waals surface area contributed by atoms with E-state index in [1.165, 1.54) is 0 Å². The minimum atomic E-state index is -0.0476. The van der Waals surface area contributed by atoms with Gasteiger partial charge in [-0.15, -0.1) is 10.2 Å². The molecule has 0 unspecified atom stereocenters. The van der Waals surface area contributed by atoms with Gasteiger partial charge in [0.25, 0.3) is 0 Å². The Bertz CT molecular complexity index is 1490. The van der Waals surface area contributed by atoms with Crippen LogP contribution >= 0.6 is 22.6 Å². The summed E-state index contributed by atoms with van der Waals surface area (Å²) >= 11 is 2.27. The van der Waals surface area contributed by atoms with Gasteiger partial charge in [0.1, 0.15) is 0 Å². The van der Waals surface area contributed by atoms with Gasteiger partial charge in [0, 0.05) is 32.8 Å². The summed E-state index contributed by atoms with van der Waals surface area (Å²) in [4.78, 5) is 18.1. The molecule has 9 heteroatoms. The van der Waals surface area contributed by atoms with Crippen molar-refractivity contribution < 1.29 is 0 Å². The van der Waals surface area contributed by atoms with Crippen molar-refractivity contribution >= 4 is 22.6 Å². The third-order valence-electron chi connectivity index (χ3n) is 5.93. The normalized spacial score (nSPS) is 11.1. The number of hydrogen-bond donors (Lipinski definition) is 1. The largest absolute Gasteiger partial charge is 0.333 e. The van der Waals surface area contributed by atoms with Crippen LogP contribution in [0.2, 0.25) is 0 Å². The van der Waals surface area contributed by atoms with Gasteiger partial charge in [-0.2, -0.15) is 5.21 Å². The minimum absolute atomic E-state index is 0.0476. The molecule has 0 saturated heterocycles. The van der Waals surface area contributed by atoms with Crippen LogP contribution in [0.25, 0.3) is 28.2 Å². The molecule has 0 bridgehead atoms. The van der Waals surface area contributed by atoms with Crippen LogP contribution in [0.3, 0.4) is 0 Å². The number of tetrazole rings is 1. The number of benzene rings is 2. The van der Waals surface area contributed by atoms with Gasteiger partial charge in [0.05, 0.1) is 17.9 Å². The molecule has 8 nitrogen and oxygen atoms in total. The fourth-order valence-electron chi connectivity index (χ4n) is 4.12. The second kappa shape index (κ2) is 10.3. The zero-order valence-electron chi connectivity index (χ0n) is 19.2. The molecule has 5 aromatic rings. The van der Waals surface area contributed by atoms with Gasteiger partial charge in [-0.3, -0.25) is 14.1 Å². The lowest BCUT2D eigenvalue weighted by Crippen LogP contribution is -2.25. The van der Waals surface area contributed by atoms with Crippen molar-refractivity contribution in [2.45, 2.75) is 32.7 Å². The Balaban J connectivity index is 1.47. The number of nitrogens with zero attached hydrogens (tertiary/aromatic N) is 6. The van der Waals surface area contributed by atoms with Crippen LogP contribution in [0.5, 0.6) is 0 Å². The maximum Gasteiger partial charge on any atom is 0.333 e. The molecule has 0 aliphatic heterocycles. The second-order valence-corrected chi connectivity index (χ2v) is 9.40. The molecule has 5 rings (SSSR count). The number of hydrogen-bond acceptors (Lipinski definition) is 5. The van der Waals surface area contributed by atoms with E-state index in [2.05, 4.69) is 50.1 Å². The summed E-state index contributed by atoms with van der Waals surface area (Å²) in [6.45, 7) is 2.58.